The summed E-state index contributed by atoms with van der Waals surface area (Å²) < 4.78 is 4.20. The maximum atomic E-state index is 10.4. The van der Waals surface area contributed by atoms with Crippen LogP contribution < -0.4 is 0 Å². The van der Waals surface area contributed by atoms with Gasteiger partial charge in [0, 0.05) is 0 Å². The van der Waals surface area contributed by atoms with Crippen molar-refractivity contribution in [2.24, 2.45) is 4.99 Å². The molecule has 0 N–H and O–H groups in total. The molecular formula is C25H37NO3W. The molecule has 4 nitrogen and oxygen atoms in total. The van der Waals surface area contributed by atoms with E-state index < -0.39 is 0 Å². The fourth-order valence-corrected chi connectivity index (χ4v) is 2.18. The van der Waals surface area contributed by atoms with Gasteiger partial charge in [-0.2, -0.15) is 11.9 Å². The number of aliphatic imine (C=N–C) groups is 1. The average Bonchev–Trinajstić information content (AvgIpc) is 2.75. The number of isocyanates is 1. The van der Waals surface area contributed by atoms with Crippen LogP contribution in [-0.4, -0.2) is 19.2 Å². The van der Waals surface area contributed by atoms with E-state index >= 15 is 0 Å². The number of methoxy groups -OCH3 is 1. The number of nitrogens with zero attached hydrogens (tertiary/aromatic N) is 1. The molecule has 0 saturated carbocycles. The number of aryl methyl sites for hydroxylation is 2. The van der Waals surface area contributed by atoms with Gasteiger partial charge in [-0.15, -0.1) is 0 Å². The van der Waals surface area contributed by atoms with Crippen LogP contribution >= 0.6 is 0 Å². The largest absolute Gasteiger partial charge is 2.00 e. The summed E-state index contributed by atoms with van der Waals surface area (Å²) >= 11 is 0. The van der Waals surface area contributed by atoms with Crippen LogP contribution in [0.25, 0.3) is 0 Å². The first kappa shape index (κ1) is 35.3. The number of hydrogen-bond acceptors (Lipinski definition) is 4. The van der Waals surface area contributed by atoms with Gasteiger partial charge in [0.05, 0.1) is 12.8 Å². The molecule has 0 aliphatic carbocycles. The summed E-state index contributed by atoms with van der Waals surface area (Å²) in [6.45, 7) is 13.7. The Morgan fingerprint density at radius 2 is 1.57 bits per heavy atom. The summed E-state index contributed by atoms with van der Waals surface area (Å²) in [5, 5.41) is 0. The Hall–Kier alpha value is -2.15. The molecule has 30 heavy (non-hydrogen) atoms. The maximum Gasteiger partial charge on any atom is 2.00 e. The molecule has 0 aliphatic rings. The fourth-order valence-electron chi connectivity index (χ4n) is 2.18. The third-order valence-corrected chi connectivity index (χ3v) is 3.49. The molecule has 0 unspecified atom stereocenters. The Morgan fingerprint density at radius 1 is 1.03 bits per heavy atom. The molecule has 2 aromatic carbocycles. The van der Waals surface area contributed by atoms with Crippen molar-refractivity contribution >= 4 is 17.7 Å². The summed E-state index contributed by atoms with van der Waals surface area (Å²) in [6.07, 6.45) is 3.83. The molecule has 5 heteroatoms. The molecular weight excluding hydrogens is 546 g/mol. The first-order chi connectivity index (χ1) is 13.5. The van der Waals surface area contributed by atoms with Gasteiger partial charge in [-0.05, 0) is 48.6 Å². The molecule has 0 atom stereocenters. The first-order valence-corrected chi connectivity index (χ1v) is 9.61. The van der Waals surface area contributed by atoms with Crippen molar-refractivity contribution in [3.05, 3.63) is 78.6 Å². The monoisotopic (exact) mass is 583 g/mol. The van der Waals surface area contributed by atoms with E-state index in [-0.39, 0.29) is 34.5 Å². The van der Waals surface area contributed by atoms with Crippen molar-refractivity contribution < 1.29 is 35.4 Å². The van der Waals surface area contributed by atoms with E-state index in [2.05, 4.69) is 34.9 Å². The molecule has 0 radical (unpaired) electrons. The van der Waals surface area contributed by atoms with E-state index in [1.165, 1.54) is 30.2 Å². The van der Waals surface area contributed by atoms with E-state index in [4.69, 9.17) is 0 Å². The molecule has 2 aromatic rings. The predicted molar refractivity (Wildman–Crippen MR) is 124 cm³/mol. The smallest absolute Gasteiger partial charge is 0.491 e. The normalized spacial score (nSPS) is 7.73. The number of ether oxygens (including phenoxy) is 1. The quantitative estimate of drug-likeness (QED) is 0.173. The molecule has 0 spiro atoms. The van der Waals surface area contributed by atoms with Crippen molar-refractivity contribution in [1.29, 1.82) is 0 Å². The van der Waals surface area contributed by atoms with Gasteiger partial charge in [-0.3, -0.25) is 11.2 Å². The topological polar surface area (TPSA) is 55.7 Å². The Labute approximate surface area is 198 Å². The number of benzene rings is 2. The van der Waals surface area contributed by atoms with Crippen molar-refractivity contribution in [3.8, 4) is 0 Å². The van der Waals surface area contributed by atoms with Crippen molar-refractivity contribution in [1.82, 2.24) is 0 Å². The third-order valence-electron chi connectivity index (χ3n) is 3.49. The van der Waals surface area contributed by atoms with E-state index in [9.17, 15) is 9.59 Å². The minimum atomic E-state index is -0.282. The van der Waals surface area contributed by atoms with Gasteiger partial charge in [-0.25, -0.2) is 4.79 Å². The molecule has 0 saturated heterocycles. The van der Waals surface area contributed by atoms with E-state index in [1.807, 2.05) is 58.9 Å². The molecule has 0 heterocycles. The Balaban J connectivity index is -0.000000242. The van der Waals surface area contributed by atoms with Crippen LogP contribution in [0.1, 0.15) is 56.9 Å². The van der Waals surface area contributed by atoms with E-state index in [0.29, 0.717) is 5.69 Å². The Bertz CT molecular complexity index is 719. The zero-order chi connectivity index (χ0) is 21.9. The van der Waals surface area contributed by atoms with Crippen LogP contribution in [0.3, 0.4) is 0 Å². The van der Waals surface area contributed by atoms with Gasteiger partial charge in [0.25, 0.3) is 0 Å². The van der Waals surface area contributed by atoms with Gasteiger partial charge in [0.2, 0.25) is 6.08 Å². The van der Waals surface area contributed by atoms with Crippen molar-refractivity contribution in [3.63, 3.8) is 0 Å². The van der Waals surface area contributed by atoms with E-state index in [0.717, 1.165) is 12.0 Å². The summed E-state index contributed by atoms with van der Waals surface area (Å²) in [5.41, 5.74) is 5.39. The number of esters is 1. The van der Waals surface area contributed by atoms with Gasteiger partial charge >= 0.3 is 21.1 Å². The number of hydrogen-bond donors (Lipinski definition) is 0. The van der Waals surface area contributed by atoms with Gasteiger partial charge in [-0.1, -0.05) is 64.1 Å². The number of rotatable bonds is 4. The maximum absolute atomic E-state index is 10.4. The standard InChI is InChI=1S/C16H15NO.C4H7O2.2C2H6.CH3.W/c1-12-8-13(2)16(17-11-18)10-15(12)9-14-6-4-3-5-7-14;1-3-4(5)6-2;2*1-2;;/h3-8,10H,9H2,1-2H3;3H,1-2H3;2*1-2H3;1H3;/q;-1;;;-1;+2. The van der Waals surface area contributed by atoms with Gasteiger partial charge in [0.1, 0.15) is 0 Å². The summed E-state index contributed by atoms with van der Waals surface area (Å²) in [7, 11) is 1.35. The molecule has 2 rings (SSSR count). The molecule has 166 valence electrons. The van der Waals surface area contributed by atoms with Gasteiger partial charge < -0.3 is 12.2 Å². The number of carbonyl (C=O) groups excluding carboxylic acids is 2. The second-order valence-corrected chi connectivity index (χ2v) is 5.24. The SMILES string of the molecule is CC.CC.C[CH-]C(=O)OC.Cc1cc(C)c(N=C=O)cc1Cc1ccccc1.[CH3-].[W+2]. The first-order valence-electron chi connectivity index (χ1n) is 9.61. The van der Waals surface area contributed by atoms with Crippen molar-refractivity contribution in [2.75, 3.05) is 7.11 Å². The summed E-state index contributed by atoms with van der Waals surface area (Å²) in [6, 6.07) is 14.3. The second kappa shape index (κ2) is 23.1. The zero-order valence-electron chi connectivity index (χ0n) is 19.9. The molecule has 0 aromatic heterocycles. The minimum absolute atomic E-state index is 0. The molecule has 0 bridgehead atoms. The van der Waals surface area contributed by atoms with Crippen molar-refractivity contribution in [2.45, 2.75) is 54.9 Å². The summed E-state index contributed by atoms with van der Waals surface area (Å²) in [4.78, 5) is 24.0. The van der Waals surface area contributed by atoms with Gasteiger partial charge in [0.15, 0.2) is 5.97 Å². The van der Waals surface area contributed by atoms with Crippen LogP contribution in [-0.2, 0) is 41.8 Å². The zero-order valence-corrected chi connectivity index (χ0v) is 22.8. The van der Waals surface area contributed by atoms with Crippen LogP contribution in [0.15, 0.2) is 47.5 Å². The Morgan fingerprint density at radius 3 is 1.97 bits per heavy atom. The van der Waals surface area contributed by atoms with Crippen LogP contribution in [0, 0.1) is 27.7 Å². The molecule has 0 aliphatic heterocycles. The number of carbonyl (C=O) groups is 1. The predicted octanol–water partition coefficient (Wildman–Crippen LogP) is 6.75. The second-order valence-electron chi connectivity index (χ2n) is 5.24. The molecule has 0 amide bonds. The average molecular weight is 583 g/mol. The summed E-state index contributed by atoms with van der Waals surface area (Å²) in [5.74, 6) is -0.282. The van der Waals surface area contributed by atoms with Crippen LogP contribution in [0.2, 0.25) is 0 Å². The van der Waals surface area contributed by atoms with Crippen LogP contribution in [0.5, 0.6) is 0 Å². The fraction of sp³-hybridized carbons (Fsp3) is 0.360. The minimum Gasteiger partial charge on any atom is -0.491 e. The molecule has 0 fully saturated rings. The Kier molecular flexibility index (Phi) is 27.2. The third kappa shape index (κ3) is 14.8. The van der Waals surface area contributed by atoms with E-state index in [1.54, 1.807) is 13.0 Å². The van der Waals surface area contributed by atoms with Crippen LogP contribution in [0.4, 0.5) is 5.69 Å².